The fourth-order valence-electron chi connectivity index (χ4n) is 3.00. The number of hydrogen-bond acceptors (Lipinski definition) is 7. The largest absolute Gasteiger partial charge is 0.508 e. The predicted molar refractivity (Wildman–Crippen MR) is 122 cm³/mol. The lowest BCUT2D eigenvalue weighted by atomic mass is 9.96. The average molecular weight is 480 g/mol. The number of amides is 4. The van der Waals surface area contributed by atoms with Crippen LogP contribution in [0, 0.1) is 5.92 Å². The van der Waals surface area contributed by atoms with E-state index in [1.54, 1.807) is 13.8 Å². The van der Waals surface area contributed by atoms with E-state index in [2.05, 4.69) is 16.0 Å². The Morgan fingerprint density at radius 2 is 1.47 bits per heavy atom. The van der Waals surface area contributed by atoms with Gasteiger partial charge in [0.15, 0.2) is 0 Å². The smallest absolute Gasteiger partial charge is 0.326 e. The Hall–Kier alpha value is -3.67. The highest BCUT2D eigenvalue weighted by Gasteiger charge is 2.33. The maximum absolute atomic E-state index is 13.0. The number of benzene rings is 1. The molecular formula is C22H33N5O7. The molecule has 0 aliphatic carbocycles. The number of hydrogen-bond donors (Lipinski definition) is 7. The van der Waals surface area contributed by atoms with Crippen molar-refractivity contribution in [2.24, 2.45) is 17.4 Å². The van der Waals surface area contributed by atoms with Crippen molar-refractivity contribution in [2.45, 2.75) is 64.2 Å². The highest BCUT2D eigenvalue weighted by molar-refractivity contribution is 5.96. The van der Waals surface area contributed by atoms with E-state index in [1.165, 1.54) is 31.2 Å². The summed E-state index contributed by atoms with van der Waals surface area (Å²) in [7, 11) is 0. The van der Waals surface area contributed by atoms with E-state index in [9.17, 15) is 34.2 Å². The van der Waals surface area contributed by atoms with Gasteiger partial charge >= 0.3 is 5.97 Å². The van der Waals surface area contributed by atoms with Crippen LogP contribution in [-0.4, -0.2) is 64.0 Å². The molecule has 12 heteroatoms. The van der Waals surface area contributed by atoms with Crippen LogP contribution in [0.15, 0.2) is 24.3 Å². The summed E-state index contributed by atoms with van der Waals surface area (Å²) in [5, 5.41) is 26.2. The maximum Gasteiger partial charge on any atom is 0.326 e. The van der Waals surface area contributed by atoms with E-state index in [1.807, 2.05) is 0 Å². The number of primary amides is 1. The number of carboxylic acids is 1. The Balaban J connectivity index is 3.03. The first-order valence-electron chi connectivity index (χ1n) is 10.8. The summed E-state index contributed by atoms with van der Waals surface area (Å²) in [5.74, 6) is -4.80. The molecule has 12 nitrogen and oxygen atoms in total. The molecule has 0 aliphatic rings. The van der Waals surface area contributed by atoms with Crippen molar-refractivity contribution in [2.75, 3.05) is 0 Å². The molecule has 0 bridgehead atoms. The molecule has 0 fully saturated rings. The minimum absolute atomic E-state index is 0.0147. The topological polar surface area (TPSA) is 214 Å². The van der Waals surface area contributed by atoms with Gasteiger partial charge in [-0.1, -0.05) is 32.4 Å². The molecule has 0 saturated heterocycles. The Morgan fingerprint density at radius 3 is 1.94 bits per heavy atom. The summed E-state index contributed by atoms with van der Waals surface area (Å²) in [6, 6.07) is 1.08. The lowest BCUT2D eigenvalue weighted by molar-refractivity contribution is -0.142. The average Bonchev–Trinajstić information content (AvgIpc) is 2.76. The van der Waals surface area contributed by atoms with Crippen molar-refractivity contribution in [1.82, 2.24) is 16.0 Å². The summed E-state index contributed by atoms with van der Waals surface area (Å²) in [6.07, 6.45) is -0.115. The zero-order valence-corrected chi connectivity index (χ0v) is 19.4. The third kappa shape index (κ3) is 9.06. The summed E-state index contributed by atoms with van der Waals surface area (Å²) >= 11 is 0. The van der Waals surface area contributed by atoms with Gasteiger partial charge < -0.3 is 37.6 Å². The normalized spacial score (nSPS) is 15.2. The van der Waals surface area contributed by atoms with Crippen molar-refractivity contribution in [1.29, 1.82) is 0 Å². The minimum Gasteiger partial charge on any atom is -0.508 e. The second-order valence-electron chi connectivity index (χ2n) is 8.16. The lowest BCUT2D eigenvalue weighted by Gasteiger charge is -2.27. The van der Waals surface area contributed by atoms with E-state index >= 15 is 0 Å². The minimum atomic E-state index is -1.36. The molecule has 0 heterocycles. The quantitative estimate of drug-likeness (QED) is 0.181. The van der Waals surface area contributed by atoms with E-state index in [0.29, 0.717) is 12.0 Å². The summed E-state index contributed by atoms with van der Waals surface area (Å²) in [5.41, 5.74) is 11.2. The van der Waals surface area contributed by atoms with Crippen molar-refractivity contribution in [3.05, 3.63) is 29.8 Å². The van der Waals surface area contributed by atoms with Crippen LogP contribution in [0.3, 0.4) is 0 Å². The number of carbonyl (C=O) groups excluding carboxylic acids is 4. The molecule has 5 atom stereocenters. The maximum atomic E-state index is 13.0. The number of rotatable bonds is 13. The lowest BCUT2D eigenvalue weighted by Crippen LogP contribution is -2.59. The molecular weight excluding hydrogens is 446 g/mol. The van der Waals surface area contributed by atoms with Crippen LogP contribution in [0.2, 0.25) is 0 Å². The zero-order valence-electron chi connectivity index (χ0n) is 19.4. The van der Waals surface area contributed by atoms with Gasteiger partial charge in [0.25, 0.3) is 0 Å². The molecule has 0 spiro atoms. The van der Waals surface area contributed by atoms with Crippen LogP contribution < -0.4 is 27.4 Å². The Bertz CT molecular complexity index is 888. The molecule has 9 N–H and O–H groups in total. The van der Waals surface area contributed by atoms with Gasteiger partial charge in [0, 0.05) is 6.42 Å². The summed E-state index contributed by atoms with van der Waals surface area (Å²) < 4.78 is 0. The first-order chi connectivity index (χ1) is 15.8. The number of carboxylic acid groups (broad SMARTS) is 1. The molecule has 1 rings (SSSR count). The van der Waals surface area contributed by atoms with Gasteiger partial charge in [-0.15, -0.1) is 0 Å². The number of phenols is 1. The Labute approximate surface area is 197 Å². The number of aliphatic carboxylic acids is 1. The zero-order chi connectivity index (χ0) is 26.0. The predicted octanol–water partition coefficient (Wildman–Crippen LogP) is -1.26. The molecule has 4 amide bonds. The molecule has 0 radical (unpaired) electrons. The summed E-state index contributed by atoms with van der Waals surface area (Å²) in [6.45, 7) is 4.86. The molecule has 5 unspecified atom stereocenters. The van der Waals surface area contributed by atoms with E-state index in [-0.39, 0.29) is 12.2 Å². The van der Waals surface area contributed by atoms with Crippen LogP contribution in [0.1, 0.15) is 39.2 Å². The Kier molecular flexibility index (Phi) is 11.0. The first-order valence-corrected chi connectivity index (χ1v) is 10.8. The van der Waals surface area contributed by atoms with E-state index < -0.39 is 66.1 Å². The molecule has 1 aromatic rings. The standard InChI is InChI=1S/C22H33N5O7/c1-4-11(2)18(27-20(31)15(10-17(24)29)25-19(30)12(3)23)21(32)26-16(22(33)34)9-13-5-7-14(28)8-6-13/h5-8,11-12,15-16,18,28H,4,9-10,23H2,1-3H3,(H2,24,29)(H,25,30)(H,26,32)(H,27,31)(H,33,34). The van der Waals surface area contributed by atoms with Crippen LogP contribution in [0.25, 0.3) is 0 Å². The van der Waals surface area contributed by atoms with Crippen molar-refractivity contribution in [3.8, 4) is 5.75 Å². The van der Waals surface area contributed by atoms with Crippen LogP contribution in [0.5, 0.6) is 5.75 Å². The SMILES string of the molecule is CCC(C)C(NC(=O)C(CC(N)=O)NC(=O)C(C)N)C(=O)NC(Cc1ccc(O)cc1)C(=O)O. The van der Waals surface area contributed by atoms with Gasteiger partial charge in [-0.05, 0) is 30.5 Å². The molecule has 0 aliphatic heterocycles. The van der Waals surface area contributed by atoms with Crippen molar-refractivity contribution >= 4 is 29.6 Å². The third-order valence-corrected chi connectivity index (χ3v) is 5.24. The number of nitrogens with two attached hydrogens (primary N) is 2. The number of aromatic hydroxyl groups is 1. The molecule has 188 valence electrons. The molecule has 34 heavy (non-hydrogen) atoms. The summed E-state index contributed by atoms with van der Waals surface area (Å²) in [4.78, 5) is 60.9. The second-order valence-corrected chi connectivity index (χ2v) is 8.16. The fraction of sp³-hybridized carbons (Fsp3) is 0.500. The monoisotopic (exact) mass is 479 g/mol. The highest BCUT2D eigenvalue weighted by Crippen LogP contribution is 2.13. The van der Waals surface area contributed by atoms with Gasteiger partial charge in [0.1, 0.15) is 23.9 Å². The van der Waals surface area contributed by atoms with Crippen LogP contribution in [-0.2, 0) is 30.4 Å². The van der Waals surface area contributed by atoms with Crippen LogP contribution >= 0.6 is 0 Å². The number of carbonyl (C=O) groups is 5. The van der Waals surface area contributed by atoms with Gasteiger partial charge in [-0.3, -0.25) is 19.2 Å². The molecule has 1 aromatic carbocycles. The first kappa shape index (κ1) is 28.4. The Morgan fingerprint density at radius 1 is 0.912 bits per heavy atom. The van der Waals surface area contributed by atoms with E-state index in [4.69, 9.17) is 11.5 Å². The van der Waals surface area contributed by atoms with Crippen LogP contribution in [0.4, 0.5) is 0 Å². The highest BCUT2D eigenvalue weighted by atomic mass is 16.4. The second kappa shape index (κ2) is 13.1. The van der Waals surface area contributed by atoms with Gasteiger partial charge in [-0.25, -0.2) is 4.79 Å². The van der Waals surface area contributed by atoms with Crippen molar-refractivity contribution < 1.29 is 34.2 Å². The van der Waals surface area contributed by atoms with Gasteiger partial charge in [0.2, 0.25) is 23.6 Å². The van der Waals surface area contributed by atoms with Gasteiger partial charge in [-0.2, -0.15) is 0 Å². The number of phenolic OH excluding ortho intramolecular Hbond substituents is 1. The fourth-order valence-corrected chi connectivity index (χ4v) is 3.00. The molecule has 0 saturated carbocycles. The van der Waals surface area contributed by atoms with E-state index in [0.717, 1.165) is 0 Å². The van der Waals surface area contributed by atoms with Crippen molar-refractivity contribution in [3.63, 3.8) is 0 Å². The number of nitrogens with one attached hydrogen (secondary N) is 3. The molecule has 0 aromatic heterocycles. The van der Waals surface area contributed by atoms with Gasteiger partial charge in [0.05, 0.1) is 12.5 Å². The third-order valence-electron chi connectivity index (χ3n) is 5.24.